The lowest BCUT2D eigenvalue weighted by molar-refractivity contribution is -0.136. The zero-order valence-corrected chi connectivity index (χ0v) is 17.3. The molecule has 0 saturated heterocycles. The molecule has 6 rings (SSSR count). The number of carbonyl (C=O) groups is 1. The Balaban J connectivity index is 1.43. The van der Waals surface area contributed by atoms with Crippen LogP contribution in [0.1, 0.15) is 52.0 Å². The summed E-state index contributed by atoms with van der Waals surface area (Å²) >= 11 is 0. The van der Waals surface area contributed by atoms with Gasteiger partial charge in [0.15, 0.2) is 5.78 Å². The summed E-state index contributed by atoms with van der Waals surface area (Å²) in [5.74, 6) is 0.557. The van der Waals surface area contributed by atoms with Crippen LogP contribution in [0.5, 0.6) is 0 Å². The van der Waals surface area contributed by atoms with Gasteiger partial charge in [-0.3, -0.25) is 4.79 Å². The van der Waals surface area contributed by atoms with Gasteiger partial charge in [0.1, 0.15) is 17.6 Å². The molecule has 11 heteroatoms. The minimum atomic E-state index is -4.50. The molecule has 168 valence electrons. The molecule has 4 aromatic heterocycles. The Morgan fingerprint density at radius 2 is 2.00 bits per heavy atom. The summed E-state index contributed by atoms with van der Waals surface area (Å²) in [4.78, 5) is 30.5. The maximum absolute atomic E-state index is 13.6. The molecule has 0 amide bonds. The molecule has 0 spiro atoms. The number of aromatic amines is 1. The number of nitrogens with one attached hydrogen (secondary N) is 1. The largest absolute Gasteiger partial charge is 0.418 e. The van der Waals surface area contributed by atoms with Crippen molar-refractivity contribution in [1.29, 1.82) is 0 Å². The van der Waals surface area contributed by atoms with Gasteiger partial charge in [0.05, 0.1) is 46.9 Å². The lowest BCUT2D eigenvalue weighted by Gasteiger charge is -2.34. The van der Waals surface area contributed by atoms with Gasteiger partial charge in [-0.05, 0) is 31.0 Å². The average Bonchev–Trinajstić information content (AvgIpc) is 3.38. The van der Waals surface area contributed by atoms with Gasteiger partial charge in [0.2, 0.25) is 0 Å². The number of anilines is 1. The molecular formula is C22H18F3N7O. The number of hydrogen-bond donors (Lipinski definition) is 1. The molecule has 1 N–H and O–H groups in total. The first-order valence-electron chi connectivity index (χ1n) is 10.6. The predicted molar refractivity (Wildman–Crippen MR) is 111 cm³/mol. The van der Waals surface area contributed by atoms with Crippen LogP contribution >= 0.6 is 0 Å². The number of hydrogen-bond acceptors (Lipinski definition) is 6. The first kappa shape index (κ1) is 19.9. The van der Waals surface area contributed by atoms with E-state index in [0.717, 1.165) is 30.3 Å². The summed E-state index contributed by atoms with van der Waals surface area (Å²) in [6, 6.07) is 3.29. The number of carbonyl (C=O) groups excluding carboxylic acids is 1. The second-order valence-corrected chi connectivity index (χ2v) is 8.33. The van der Waals surface area contributed by atoms with Gasteiger partial charge in [0.25, 0.3) is 0 Å². The van der Waals surface area contributed by atoms with E-state index >= 15 is 0 Å². The number of ketones is 1. The third-order valence-electron chi connectivity index (χ3n) is 6.17. The highest BCUT2D eigenvalue weighted by Gasteiger charge is 2.37. The molecule has 0 aromatic carbocycles. The van der Waals surface area contributed by atoms with Crippen molar-refractivity contribution in [2.75, 3.05) is 11.4 Å². The number of rotatable bonds is 4. The molecule has 5 heterocycles. The number of fused-ring (bicyclic) bond motifs is 2. The fourth-order valence-electron chi connectivity index (χ4n) is 4.39. The average molecular weight is 453 g/mol. The van der Waals surface area contributed by atoms with Crippen LogP contribution in [0.2, 0.25) is 0 Å². The van der Waals surface area contributed by atoms with Crippen LogP contribution in [0.15, 0.2) is 43.1 Å². The van der Waals surface area contributed by atoms with E-state index in [4.69, 9.17) is 0 Å². The molecule has 1 aliphatic carbocycles. The first-order chi connectivity index (χ1) is 15.9. The van der Waals surface area contributed by atoms with Crippen molar-refractivity contribution in [3.05, 3.63) is 71.5 Å². The zero-order chi connectivity index (χ0) is 22.7. The van der Waals surface area contributed by atoms with E-state index in [2.05, 4.69) is 25.0 Å². The summed E-state index contributed by atoms with van der Waals surface area (Å²) in [6.45, 7) is 0.521. The van der Waals surface area contributed by atoms with Crippen LogP contribution in [0, 0.1) is 5.92 Å². The van der Waals surface area contributed by atoms with Gasteiger partial charge in [0, 0.05) is 25.1 Å². The normalized spacial score (nSPS) is 18.5. The minimum absolute atomic E-state index is 0.000120. The summed E-state index contributed by atoms with van der Waals surface area (Å²) in [6.07, 6.45) is 3.97. The Labute approximate surface area is 185 Å². The fourth-order valence-corrected chi connectivity index (χ4v) is 4.39. The Hall–Kier alpha value is -3.76. The monoisotopic (exact) mass is 453 g/mol. The standard InChI is InChI=1S/C22H18F3N7O/c23-22(24,25)13-2-1-6-32-17(13)8-15(30-32)20-19-14(28-11-29-19)5-7-31(20)18-10-26-16(9-27-18)21(33)12-3-4-12/h1-2,6,8-12,20H,3-5,7H2,(H,28,29)/t20-/m1/s1. The Morgan fingerprint density at radius 3 is 2.73 bits per heavy atom. The van der Waals surface area contributed by atoms with Crippen LogP contribution in [0.25, 0.3) is 5.52 Å². The number of nitrogens with zero attached hydrogens (tertiary/aromatic N) is 6. The molecule has 1 fully saturated rings. The molecule has 2 aliphatic rings. The molecule has 33 heavy (non-hydrogen) atoms. The van der Waals surface area contributed by atoms with Gasteiger partial charge in [-0.2, -0.15) is 18.3 Å². The van der Waals surface area contributed by atoms with Crippen molar-refractivity contribution in [1.82, 2.24) is 29.5 Å². The van der Waals surface area contributed by atoms with Gasteiger partial charge < -0.3 is 9.88 Å². The molecule has 1 aliphatic heterocycles. The van der Waals surface area contributed by atoms with E-state index in [0.29, 0.717) is 30.2 Å². The number of Topliss-reactive ketones (excluding diaryl/α,β-unsaturated/α-hetero) is 1. The Morgan fingerprint density at radius 1 is 1.15 bits per heavy atom. The molecule has 0 bridgehead atoms. The zero-order valence-electron chi connectivity index (χ0n) is 17.3. The smallest absolute Gasteiger partial charge is 0.346 e. The molecule has 0 radical (unpaired) electrons. The molecule has 8 nitrogen and oxygen atoms in total. The maximum atomic E-state index is 13.6. The SMILES string of the molecule is O=C(c1cnc(N2CCc3nc[nH]c3[C@H]2c2cc3c(C(F)(F)F)cccn3n2)cn1)C1CC1. The lowest BCUT2D eigenvalue weighted by atomic mass is 9.99. The van der Waals surface area contributed by atoms with E-state index in [1.165, 1.54) is 29.0 Å². The highest BCUT2D eigenvalue weighted by atomic mass is 19.4. The third kappa shape index (κ3) is 3.35. The van der Waals surface area contributed by atoms with E-state index in [-0.39, 0.29) is 17.2 Å². The number of alkyl halides is 3. The molecular weight excluding hydrogens is 435 g/mol. The highest BCUT2D eigenvalue weighted by Crippen LogP contribution is 2.38. The maximum Gasteiger partial charge on any atom is 0.418 e. The van der Waals surface area contributed by atoms with Crippen molar-refractivity contribution in [2.24, 2.45) is 5.92 Å². The number of H-pyrrole nitrogens is 1. The summed E-state index contributed by atoms with van der Waals surface area (Å²) < 4.78 is 41.9. The summed E-state index contributed by atoms with van der Waals surface area (Å²) in [5.41, 5.74) is 1.56. The second kappa shape index (κ2) is 7.12. The Bertz CT molecular complexity index is 1350. The highest BCUT2D eigenvalue weighted by molar-refractivity contribution is 5.97. The van der Waals surface area contributed by atoms with Gasteiger partial charge in [-0.25, -0.2) is 19.5 Å². The van der Waals surface area contributed by atoms with Crippen LogP contribution in [-0.2, 0) is 12.6 Å². The van der Waals surface area contributed by atoms with Crippen molar-refractivity contribution in [2.45, 2.75) is 31.5 Å². The lowest BCUT2D eigenvalue weighted by Crippen LogP contribution is -2.37. The van der Waals surface area contributed by atoms with Crippen molar-refractivity contribution < 1.29 is 18.0 Å². The summed E-state index contributed by atoms with van der Waals surface area (Å²) in [5, 5.41) is 4.47. The fraction of sp³-hybridized carbons (Fsp3) is 0.318. The summed E-state index contributed by atoms with van der Waals surface area (Å²) in [7, 11) is 0. The van der Waals surface area contributed by atoms with E-state index in [9.17, 15) is 18.0 Å². The van der Waals surface area contributed by atoms with E-state index in [1.807, 2.05) is 4.90 Å². The first-order valence-corrected chi connectivity index (χ1v) is 10.6. The van der Waals surface area contributed by atoms with Crippen LogP contribution in [-0.4, -0.2) is 41.9 Å². The number of imidazole rings is 1. The van der Waals surface area contributed by atoms with Crippen molar-refractivity contribution in [3.8, 4) is 0 Å². The van der Waals surface area contributed by atoms with E-state index in [1.54, 1.807) is 12.5 Å². The van der Waals surface area contributed by atoms with Gasteiger partial charge in [-0.1, -0.05) is 0 Å². The molecule has 1 atom stereocenters. The molecule has 0 unspecified atom stereocenters. The second-order valence-electron chi connectivity index (χ2n) is 8.33. The number of halogens is 3. The minimum Gasteiger partial charge on any atom is -0.346 e. The van der Waals surface area contributed by atoms with Crippen LogP contribution in [0.3, 0.4) is 0 Å². The van der Waals surface area contributed by atoms with E-state index < -0.39 is 17.8 Å². The van der Waals surface area contributed by atoms with Crippen LogP contribution < -0.4 is 4.90 Å². The van der Waals surface area contributed by atoms with Gasteiger partial charge >= 0.3 is 6.18 Å². The van der Waals surface area contributed by atoms with Crippen LogP contribution in [0.4, 0.5) is 19.0 Å². The van der Waals surface area contributed by atoms with Gasteiger partial charge in [-0.15, -0.1) is 0 Å². The van der Waals surface area contributed by atoms with Crippen molar-refractivity contribution in [3.63, 3.8) is 0 Å². The third-order valence-corrected chi connectivity index (χ3v) is 6.17. The molecule has 1 saturated carbocycles. The number of pyridine rings is 1. The Kier molecular flexibility index (Phi) is 4.29. The molecule has 4 aromatic rings. The predicted octanol–water partition coefficient (Wildman–Crippen LogP) is 3.61. The topological polar surface area (TPSA) is 92.1 Å². The van der Waals surface area contributed by atoms with Crippen molar-refractivity contribution >= 4 is 17.1 Å². The quantitative estimate of drug-likeness (QED) is 0.475. The number of aromatic nitrogens is 6.